The summed E-state index contributed by atoms with van der Waals surface area (Å²) < 4.78 is 4.74. The van der Waals surface area contributed by atoms with Crippen molar-refractivity contribution >= 4 is 65.2 Å². The van der Waals surface area contributed by atoms with Crippen LogP contribution in [0.15, 0.2) is 170 Å². The lowest BCUT2D eigenvalue weighted by Gasteiger charge is -2.10. The zero-order chi connectivity index (χ0) is 33.9. The van der Waals surface area contributed by atoms with Gasteiger partial charge < -0.3 is 4.57 Å². The fraction of sp³-hybridized carbons (Fsp3) is 0. The minimum atomic E-state index is 0.907. The van der Waals surface area contributed by atoms with Crippen molar-refractivity contribution in [2.45, 2.75) is 0 Å². The molecule has 12 rings (SSSR count). The van der Waals surface area contributed by atoms with E-state index < -0.39 is 0 Å². The minimum Gasteiger partial charge on any atom is -0.309 e. The summed E-state index contributed by atoms with van der Waals surface area (Å²) in [5.41, 5.74) is 12.5. The monoisotopic (exact) mass is 660 g/mol. The molecule has 0 saturated heterocycles. The average Bonchev–Trinajstić information content (AvgIpc) is 3.84. The SMILES string of the molecule is c1ccc(-n2c3ccc(-c4ccc5c(c4)c4ccccc4n5-c4ccc5c(n4)-c4cccc6ccnc-5c46)cc3c3ccc4ccccc4c32)cc1. The van der Waals surface area contributed by atoms with E-state index in [1.807, 2.05) is 6.20 Å². The molecule has 0 fully saturated rings. The van der Waals surface area contributed by atoms with E-state index in [0.717, 1.165) is 45.1 Å². The fourth-order valence-corrected chi connectivity index (χ4v) is 8.81. The summed E-state index contributed by atoms with van der Waals surface area (Å²) in [5, 5.41) is 9.81. The Morgan fingerprint density at radius 1 is 0.404 bits per heavy atom. The Hall–Kier alpha value is -7.04. The molecule has 4 aromatic heterocycles. The molecule has 0 spiro atoms. The molecule has 0 unspecified atom stereocenters. The van der Waals surface area contributed by atoms with Gasteiger partial charge in [0, 0.05) is 55.3 Å². The molecule has 0 atom stereocenters. The van der Waals surface area contributed by atoms with E-state index in [1.165, 1.54) is 65.3 Å². The lowest BCUT2D eigenvalue weighted by molar-refractivity contribution is 1.09. The third-order valence-corrected chi connectivity index (χ3v) is 11.1. The Morgan fingerprint density at radius 2 is 1.12 bits per heavy atom. The first kappa shape index (κ1) is 27.7. The average molecular weight is 661 g/mol. The molecule has 1 aliphatic rings. The molecule has 0 saturated carbocycles. The maximum Gasteiger partial charge on any atom is 0.138 e. The summed E-state index contributed by atoms with van der Waals surface area (Å²) >= 11 is 0. The minimum absolute atomic E-state index is 0.907. The topological polar surface area (TPSA) is 35.6 Å². The molecule has 52 heavy (non-hydrogen) atoms. The van der Waals surface area contributed by atoms with Gasteiger partial charge in [-0.15, -0.1) is 0 Å². The Labute approximate surface area is 298 Å². The van der Waals surface area contributed by atoms with Crippen LogP contribution in [0.25, 0.3) is 110 Å². The second kappa shape index (κ2) is 10.3. The van der Waals surface area contributed by atoms with E-state index in [4.69, 9.17) is 9.97 Å². The highest BCUT2D eigenvalue weighted by Gasteiger charge is 2.25. The summed E-state index contributed by atoms with van der Waals surface area (Å²) in [6, 6.07) is 59.3. The molecule has 240 valence electrons. The van der Waals surface area contributed by atoms with Crippen molar-refractivity contribution in [3.63, 3.8) is 0 Å². The highest BCUT2D eigenvalue weighted by molar-refractivity contribution is 6.19. The summed E-state index contributed by atoms with van der Waals surface area (Å²) in [5.74, 6) is 0.907. The molecule has 4 heteroatoms. The predicted molar refractivity (Wildman–Crippen MR) is 216 cm³/mol. The number of aromatic nitrogens is 4. The van der Waals surface area contributed by atoms with Gasteiger partial charge in [-0.1, -0.05) is 103 Å². The predicted octanol–water partition coefficient (Wildman–Crippen LogP) is 12.3. The van der Waals surface area contributed by atoms with Crippen molar-refractivity contribution in [1.82, 2.24) is 19.1 Å². The van der Waals surface area contributed by atoms with Crippen molar-refractivity contribution in [3.8, 4) is 45.1 Å². The molecule has 4 nitrogen and oxygen atoms in total. The third-order valence-electron chi connectivity index (χ3n) is 11.1. The molecule has 7 aromatic carbocycles. The summed E-state index contributed by atoms with van der Waals surface area (Å²) in [6.07, 6.45) is 1.90. The van der Waals surface area contributed by atoms with E-state index in [9.17, 15) is 0 Å². The normalized spacial score (nSPS) is 12.2. The standard InChI is InChI=1S/C48H28N4/c1-2-11-33(12-3-1)51-42-22-18-32(28-40(42)36-20-17-29-9-4-5-13-34(29)48(36)51)31-19-23-43-39(27-31)35-14-6-7-16-41(35)52(43)44-24-21-38-46(50-44)37-15-8-10-30-25-26-49-47(38)45(30)37/h1-28H. The first-order valence-electron chi connectivity index (χ1n) is 17.7. The van der Waals surface area contributed by atoms with E-state index >= 15 is 0 Å². The van der Waals surface area contributed by atoms with Crippen molar-refractivity contribution in [2.24, 2.45) is 0 Å². The Morgan fingerprint density at radius 3 is 1.98 bits per heavy atom. The zero-order valence-corrected chi connectivity index (χ0v) is 28.0. The molecular weight excluding hydrogens is 633 g/mol. The molecule has 0 N–H and O–H groups in total. The first-order chi connectivity index (χ1) is 25.8. The number of rotatable bonds is 3. The molecule has 0 amide bonds. The van der Waals surface area contributed by atoms with Gasteiger partial charge in [0.05, 0.1) is 33.5 Å². The van der Waals surface area contributed by atoms with Crippen molar-refractivity contribution in [2.75, 3.05) is 0 Å². The van der Waals surface area contributed by atoms with Gasteiger partial charge in [0.1, 0.15) is 5.82 Å². The van der Waals surface area contributed by atoms with Gasteiger partial charge in [-0.05, 0) is 82.6 Å². The lowest BCUT2D eigenvalue weighted by atomic mass is 10.00. The number of hydrogen-bond acceptors (Lipinski definition) is 2. The summed E-state index contributed by atoms with van der Waals surface area (Å²) in [4.78, 5) is 10.1. The van der Waals surface area contributed by atoms with Crippen LogP contribution in [0, 0.1) is 0 Å². The number of pyridine rings is 2. The largest absolute Gasteiger partial charge is 0.309 e. The van der Waals surface area contributed by atoms with Crippen molar-refractivity contribution < 1.29 is 0 Å². The Kier molecular flexibility index (Phi) is 5.47. The van der Waals surface area contributed by atoms with Crippen LogP contribution in [-0.4, -0.2) is 19.1 Å². The van der Waals surface area contributed by atoms with Crippen LogP contribution >= 0.6 is 0 Å². The van der Waals surface area contributed by atoms with E-state index in [2.05, 4.69) is 173 Å². The highest BCUT2D eigenvalue weighted by atomic mass is 15.1. The number of fused-ring (bicyclic) bond motifs is 11. The first-order valence-corrected chi connectivity index (χ1v) is 17.7. The van der Waals surface area contributed by atoms with Gasteiger partial charge in [0.25, 0.3) is 0 Å². The molecule has 0 aliphatic heterocycles. The third kappa shape index (κ3) is 3.70. The van der Waals surface area contributed by atoms with Crippen LogP contribution < -0.4 is 0 Å². The second-order valence-corrected chi connectivity index (χ2v) is 13.8. The summed E-state index contributed by atoms with van der Waals surface area (Å²) in [7, 11) is 0. The van der Waals surface area contributed by atoms with E-state index in [1.54, 1.807) is 0 Å². The van der Waals surface area contributed by atoms with Crippen LogP contribution in [0.1, 0.15) is 0 Å². The molecular formula is C48H28N4. The van der Waals surface area contributed by atoms with Gasteiger partial charge in [-0.2, -0.15) is 0 Å². The zero-order valence-electron chi connectivity index (χ0n) is 28.0. The molecule has 0 bridgehead atoms. The van der Waals surface area contributed by atoms with Crippen LogP contribution in [0.3, 0.4) is 0 Å². The van der Waals surface area contributed by atoms with Crippen molar-refractivity contribution in [3.05, 3.63) is 170 Å². The second-order valence-electron chi connectivity index (χ2n) is 13.8. The quantitative estimate of drug-likeness (QED) is 0.189. The summed E-state index contributed by atoms with van der Waals surface area (Å²) in [6.45, 7) is 0. The lowest BCUT2D eigenvalue weighted by Crippen LogP contribution is -1.98. The highest BCUT2D eigenvalue weighted by Crippen LogP contribution is 2.46. The van der Waals surface area contributed by atoms with Gasteiger partial charge >= 0.3 is 0 Å². The van der Waals surface area contributed by atoms with Gasteiger partial charge in [-0.3, -0.25) is 9.55 Å². The van der Waals surface area contributed by atoms with Gasteiger partial charge in [0.15, 0.2) is 0 Å². The van der Waals surface area contributed by atoms with Crippen LogP contribution in [-0.2, 0) is 0 Å². The van der Waals surface area contributed by atoms with Gasteiger partial charge in [-0.25, -0.2) is 4.98 Å². The van der Waals surface area contributed by atoms with Gasteiger partial charge in [0.2, 0.25) is 0 Å². The molecule has 1 aliphatic carbocycles. The molecule has 11 aromatic rings. The van der Waals surface area contributed by atoms with Crippen LogP contribution in [0.4, 0.5) is 0 Å². The smallest absolute Gasteiger partial charge is 0.138 e. The van der Waals surface area contributed by atoms with E-state index in [0.29, 0.717) is 0 Å². The number of hydrogen-bond donors (Lipinski definition) is 0. The number of nitrogens with zero attached hydrogens (tertiary/aromatic N) is 4. The number of para-hydroxylation sites is 2. The maximum absolute atomic E-state index is 5.35. The van der Waals surface area contributed by atoms with Crippen molar-refractivity contribution in [1.29, 1.82) is 0 Å². The fourth-order valence-electron chi connectivity index (χ4n) is 8.81. The van der Waals surface area contributed by atoms with Crippen LogP contribution in [0.5, 0.6) is 0 Å². The number of benzene rings is 7. The Bertz CT molecular complexity index is 3290. The van der Waals surface area contributed by atoms with E-state index in [-0.39, 0.29) is 0 Å². The molecule has 0 radical (unpaired) electrons. The maximum atomic E-state index is 5.35. The van der Waals surface area contributed by atoms with Crippen LogP contribution in [0.2, 0.25) is 0 Å². The molecule has 4 heterocycles. The Balaban J connectivity index is 1.06.